The van der Waals surface area contributed by atoms with Gasteiger partial charge in [-0.1, -0.05) is 25.0 Å². The fraction of sp³-hybridized carbons (Fsp3) is 0.769. The van der Waals surface area contributed by atoms with E-state index < -0.39 is 0 Å². The molecule has 0 aromatic heterocycles. The lowest BCUT2D eigenvalue weighted by Gasteiger charge is -2.30. The van der Waals surface area contributed by atoms with Crippen LogP contribution in [0.3, 0.4) is 0 Å². The number of carbonyl (C=O) groups is 1. The summed E-state index contributed by atoms with van der Waals surface area (Å²) in [5, 5.41) is 0. The zero-order valence-electron chi connectivity index (χ0n) is 10.1. The first kappa shape index (κ1) is 11.6. The first-order chi connectivity index (χ1) is 7.72. The maximum Gasteiger partial charge on any atom is 0.229 e. The minimum Gasteiger partial charge on any atom is -0.339 e. The summed E-state index contributed by atoms with van der Waals surface area (Å²) >= 11 is 0. The molecule has 90 valence electrons. The van der Waals surface area contributed by atoms with Crippen molar-refractivity contribution in [2.24, 2.45) is 11.7 Å². The number of hydrogen-bond donors (Lipinski definition) is 1. The Hall–Kier alpha value is -0.830. The topological polar surface area (TPSA) is 46.3 Å². The molecule has 2 N–H and O–H groups in total. The summed E-state index contributed by atoms with van der Waals surface area (Å²) in [6.45, 7) is 2.91. The van der Waals surface area contributed by atoms with Gasteiger partial charge in [0.05, 0.1) is 5.92 Å². The van der Waals surface area contributed by atoms with Crippen LogP contribution in [0.1, 0.15) is 39.0 Å². The van der Waals surface area contributed by atoms with Crippen LogP contribution in [0.25, 0.3) is 0 Å². The van der Waals surface area contributed by atoms with Gasteiger partial charge in [-0.25, -0.2) is 0 Å². The van der Waals surface area contributed by atoms with Crippen LogP contribution in [-0.2, 0) is 4.79 Å². The van der Waals surface area contributed by atoms with E-state index in [9.17, 15) is 4.79 Å². The maximum absolute atomic E-state index is 12.3. The van der Waals surface area contributed by atoms with Gasteiger partial charge < -0.3 is 10.6 Å². The number of nitrogens with two attached hydrogens (primary N) is 1. The molecule has 2 unspecified atom stereocenters. The van der Waals surface area contributed by atoms with Gasteiger partial charge in [-0.2, -0.15) is 0 Å². The number of nitrogens with zero attached hydrogens (tertiary/aromatic N) is 1. The lowest BCUT2D eigenvalue weighted by molar-refractivity contribution is -0.136. The third-order valence-corrected chi connectivity index (χ3v) is 3.82. The van der Waals surface area contributed by atoms with Crippen molar-refractivity contribution in [3.63, 3.8) is 0 Å². The van der Waals surface area contributed by atoms with Crippen molar-refractivity contribution in [3.8, 4) is 0 Å². The van der Waals surface area contributed by atoms with Gasteiger partial charge in [-0.3, -0.25) is 4.79 Å². The second-order valence-corrected chi connectivity index (χ2v) is 4.95. The normalized spacial score (nSPS) is 29.9. The van der Waals surface area contributed by atoms with Crippen LogP contribution in [0.5, 0.6) is 0 Å². The zero-order chi connectivity index (χ0) is 11.5. The molecule has 0 aromatic carbocycles. The van der Waals surface area contributed by atoms with E-state index in [2.05, 4.69) is 11.8 Å². The lowest BCUT2D eigenvalue weighted by Crippen LogP contribution is -2.42. The molecule has 0 spiro atoms. The molecule has 0 heterocycles. The molecule has 2 aliphatic rings. The van der Waals surface area contributed by atoms with Gasteiger partial charge in [0, 0.05) is 18.6 Å². The van der Waals surface area contributed by atoms with Gasteiger partial charge >= 0.3 is 0 Å². The monoisotopic (exact) mass is 222 g/mol. The van der Waals surface area contributed by atoms with Crippen LogP contribution in [0.4, 0.5) is 0 Å². The highest BCUT2D eigenvalue weighted by atomic mass is 16.2. The smallest absolute Gasteiger partial charge is 0.229 e. The number of hydrogen-bond acceptors (Lipinski definition) is 2. The molecular formula is C13H22N2O. The van der Waals surface area contributed by atoms with Gasteiger partial charge in [0.2, 0.25) is 5.91 Å². The van der Waals surface area contributed by atoms with E-state index in [0.29, 0.717) is 11.9 Å². The lowest BCUT2D eigenvalue weighted by atomic mass is 10.0. The summed E-state index contributed by atoms with van der Waals surface area (Å²) < 4.78 is 0. The molecule has 1 fully saturated rings. The Bertz CT molecular complexity index is 282. The van der Waals surface area contributed by atoms with Gasteiger partial charge in [0.1, 0.15) is 0 Å². The minimum absolute atomic E-state index is 0.0375. The summed E-state index contributed by atoms with van der Waals surface area (Å²) in [7, 11) is 0. The first-order valence-corrected chi connectivity index (χ1v) is 6.46. The fourth-order valence-electron chi connectivity index (χ4n) is 2.93. The van der Waals surface area contributed by atoms with Gasteiger partial charge in [0.15, 0.2) is 0 Å². The number of carbonyl (C=O) groups excluding carboxylic acids is 1. The van der Waals surface area contributed by atoms with Crippen molar-refractivity contribution in [2.45, 2.75) is 51.1 Å². The van der Waals surface area contributed by atoms with E-state index in [0.717, 1.165) is 13.0 Å². The standard InChI is InChI=1S/C13H22N2O/c1-2-15(12-5-3-4-6-12)13(16)10-7-8-11(14)9-10/h7-8,10-12H,2-6,9,14H2,1H3. The van der Waals surface area contributed by atoms with E-state index in [1.54, 1.807) is 0 Å². The predicted molar refractivity (Wildman–Crippen MR) is 64.9 cm³/mol. The molecule has 3 nitrogen and oxygen atoms in total. The van der Waals surface area contributed by atoms with Crippen LogP contribution in [-0.4, -0.2) is 29.4 Å². The summed E-state index contributed by atoms with van der Waals surface area (Å²) in [6.07, 6.45) is 9.66. The van der Waals surface area contributed by atoms with Crippen LogP contribution in [0.2, 0.25) is 0 Å². The van der Waals surface area contributed by atoms with E-state index in [-0.39, 0.29) is 12.0 Å². The molecule has 1 saturated carbocycles. The molecule has 3 heteroatoms. The quantitative estimate of drug-likeness (QED) is 0.738. The number of rotatable bonds is 3. The summed E-state index contributed by atoms with van der Waals surface area (Å²) in [6, 6.07) is 0.568. The molecule has 0 aliphatic heterocycles. The van der Waals surface area contributed by atoms with Crippen molar-refractivity contribution in [3.05, 3.63) is 12.2 Å². The Morgan fingerprint density at radius 3 is 2.56 bits per heavy atom. The third kappa shape index (κ3) is 2.29. The summed E-state index contributed by atoms with van der Waals surface area (Å²) in [4.78, 5) is 14.4. The van der Waals surface area contributed by atoms with Crippen LogP contribution >= 0.6 is 0 Å². The van der Waals surface area contributed by atoms with Gasteiger partial charge in [-0.15, -0.1) is 0 Å². The molecule has 0 radical (unpaired) electrons. The molecule has 2 rings (SSSR count). The van der Waals surface area contributed by atoms with Crippen molar-refractivity contribution >= 4 is 5.91 Å². The molecule has 1 amide bonds. The molecular weight excluding hydrogens is 200 g/mol. The van der Waals surface area contributed by atoms with E-state index in [1.165, 1.54) is 25.7 Å². The van der Waals surface area contributed by atoms with Crippen molar-refractivity contribution in [1.29, 1.82) is 0 Å². The van der Waals surface area contributed by atoms with E-state index in [4.69, 9.17) is 5.73 Å². The predicted octanol–water partition coefficient (Wildman–Crippen LogP) is 1.68. The summed E-state index contributed by atoms with van der Waals surface area (Å²) in [5.74, 6) is 0.328. The van der Waals surface area contributed by atoms with Crippen molar-refractivity contribution in [2.75, 3.05) is 6.54 Å². The molecule has 0 bridgehead atoms. The van der Waals surface area contributed by atoms with Gasteiger partial charge in [0.25, 0.3) is 0 Å². The first-order valence-electron chi connectivity index (χ1n) is 6.46. The third-order valence-electron chi connectivity index (χ3n) is 3.82. The fourth-order valence-corrected chi connectivity index (χ4v) is 2.93. The average molecular weight is 222 g/mol. The van der Waals surface area contributed by atoms with E-state index >= 15 is 0 Å². The van der Waals surface area contributed by atoms with Gasteiger partial charge in [-0.05, 0) is 26.2 Å². The second-order valence-electron chi connectivity index (χ2n) is 4.95. The molecule has 2 aliphatic carbocycles. The Labute approximate surface area is 97.7 Å². The Balaban J connectivity index is 1.98. The highest BCUT2D eigenvalue weighted by molar-refractivity contribution is 5.81. The Kier molecular flexibility index (Phi) is 3.64. The van der Waals surface area contributed by atoms with Crippen molar-refractivity contribution < 1.29 is 4.79 Å². The highest BCUT2D eigenvalue weighted by Crippen LogP contribution is 2.27. The molecule has 0 saturated heterocycles. The molecule has 2 atom stereocenters. The molecule has 16 heavy (non-hydrogen) atoms. The minimum atomic E-state index is 0.0375. The number of amides is 1. The highest BCUT2D eigenvalue weighted by Gasteiger charge is 2.31. The van der Waals surface area contributed by atoms with Crippen LogP contribution in [0, 0.1) is 5.92 Å². The zero-order valence-corrected chi connectivity index (χ0v) is 10.1. The Morgan fingerprint density at radius 1 is 1.38 bits per heavy atom. The van der Waals surface area contributed by atoms with Crippen molar-refractivity contribution in [1.82, 2.24) is 4.90 Å². The SMILES string of the molecule is CCN(C(=O)C1C=CC(N)C1)C1CCCC1. The second kappa shape index (κ2) is 5.00. The van der Waals surface area contributed by atoms with Crippen LogP contribution in [0.15, 0.2) is 12.2 Å². The maximum atomic E-state index is 12.3. The Morgan fingerprint density at radius 2 is 2.06 bits per heavy atom. The van der Waals surface area contributed by atoms with Crippen LogP contribution < -0.4 is 5.73 Å². The summed E-state index contributed by atoms with van der Waals surface area (Å²) in [5.41, 5.74) is 5.80. The van der Waals surface area contributed by atoms with E-state index in [1.807, 2.05) is 12.2 Å². The largest absolute Gasteiger partial charge is 0.339 e. The average Bonchev–Trinajstić information content (AvgIpc) is 2.90. The molecule has 0 aromatic rings.